The Bertz CT molecular complexity index is 436. The van der Waals surface area contributed by atoms with E-state index in [4.69, 9.17) is 9.47 Å². The van der Waals surface area contributed by atoms with Crippen molar-refractivity contribution in [1.29, 1.82) is 0 Å². The first kappa shape index (κ1) is 16.5. The zero-order valence-electron chi connectivity index (χ0n) is 12.8. The van der Waals surface area contributed by atoms with Crippen LogP contribution in [0.3, 0.4) is 0 Å². The number of hydrogen-bond donors (Lipinski definition) is 2. The second kappa shape index (κ2) is 8.51. The van der Waals surface area contributed by atoms with Gasteiger partial charge in [-0.3, -0.25) is 0 Å². The van der Waals surface area contributed by atoms with Crippen LogP contribution in [0.1, 0.15) is 30.9 Å². The van der Waals surface area contributed by atoms with Gasteiger partial charge in [-0.25, -0.2) is 0 Å². The third kappa shape index (κ3) is 4.80. The average Bonchev–Trinajstić information content (AvgIpc) is 2.55. The van der Waals surface area contributed by atoms with E-state index in [0.717, 1.165) is 17.9 Å². The van der Waals surface area contributed by atoms with Crippen molar-refractivity contribution in [2.75, 3.05) is 33.1 Å². The van der Waals surface area contributed by atoms with Gasteiger partial charge in [-0.15, -0.1) is 0 Å². The fourth-order valence-corrected chi connectivity index (χ4v) is 3.83. The highest BCUT2D eigenvalue weighted by molar-refractivity contribution is 7.99. The maximum atomic E-state index is 10.4. The first-order valence-electron chi connectivity index (χ1n) is 7.47. The highest BCUT2D eigenvalue weighted by Crippen LogP contribution is 2.29. The van der Waals surface area contributed by atoms with Crippen molar-refractivity contribution in [2.45, 2.75) is 30.6 Å². The molecule has 0 amide bonds. The normalized spacial score (nSPS) is 20.0. The summed E-state index contributed by atoms with van der Waals surface area (Å²) in [6.07, 6.45) is 3.34. The minimum Gasteiger partial charge on any atom is -0.497 e. The van der Waals surface area contributed by atoms with Crippen molar-refractivity contribution < 1.29 is 14.6 Å². The SMILES string of the molecule is COc1ccc(OC)c(C(O)CNCC2CCCCS2)c1. The summed E-state index contributed by atoms with van der Waals surface area (Å²) in [6.45, 7) is 1.48. The maximum absolute atomic E-state index is 10.4. The number of nitrogens with one attached hydrogen (secondary N) is 1. The predicted molar refractivity (Wildman–Crippen MR) is 87.5 cm³/mol. The monoisotopic (exact) mass is 311 g/mol. The molecule has 0 saturated carbocycles. The molecule has 1 saturated heterocycles. The highest BCUT2D eigenvalue weighted by Gasteiger charge is 2.17. The van der Waals surface area contributed by atoms with Crippen molar-refractivity contribution in [1.82, 2.24) is 5.32 Å². The van der Waals surface area contributed by atoms with Gasteiger partial charge in [0.25, 0.3) is 0 Å². The molecule has 0 radical (unpaired) electrons. The molecule has 118 valence electrons. The Balaban J connectivity index is 1.88. The number of hydrogen-bond acceptors (Lipinski definition) is 5. The summed E-state index contributed by atoms with van der Waals surface area (Å²) >= 11 is 2.04. The van der Waals surface area contributed by atoms with Gasteiger partial charge in [0.05, 0.1) is 20.3 Å². The molecule has 1 aliphatic rings. The highest BCUT2D eigenvalue weighted by atomic mass is 32.2. The van der Waals surface area contributed by atoms with Crippen molar-refractivity contribution in [3.05, 3.63) is 23.8 Å². The van der Waals surface area contributed by atoms with Crippen molar-refractivity contribution in [3.63, 3.8) is 0 Å². The molecule has 1 aromatic rings. The summed E-state index contributed by atoms with van der Waals surface area (Å²) < 4.78 is 10.5. The molecule has 2 N–H and O–H groups in total. The summed E-state index contributed by atoms with van der Waals surface area (Å²) in [4.78, 5) is 0. The number of benzene rings is 1. The first-order chi connectivity index (χ1) is 10.2. The van der Waals surface area contributed by atoms with Gasteiger partial charge in [-0.05, 0) is 36.8 Å². The van der Waals surface area contributed by atoms with E-state index in [2.05, 4.69) is 5.32 Å². The van der Waals surface area contributed by atoms with Gasteiger partial charge in [0.1, 0.15) is 11.5 Å². The Morgan fingerprint density at radius 3 is 2.86 bits per heavy atom. The lowest BCUT2D eigenvalue weighted by Gasteiger charge is -2.22. The van der Waals surface area contributed by atoms with Crippen LogP contribution in [0.2, 0.25) is 0 Å². The van der Waals surface area contributed by atoms with Crippen LogP contribution in [0.15, 0.2) is 18.2 Å². The van der Waals surface area contributed by atoms with Crippen molar-refractivity contribution in [2.24, 2.45) is 0 Å². The Morgan fingerprint density at radius 2 is 2.19 bits per heavy atom. The summed E-state index contributed by atoms with van der Waals surface area (Å²) in [5, 5.41) is 14.4. The molecular weight excluding hydrogens is 286 g/mol. The molecular formula is C16H25NO3S. The van der Waals surface area contributed by atoms with E-state index >= 15 is 0 Å². The van der Waals surface area contributed by atoms with Gasteiger partial charge < -0.3 is 19.9 Å². The van der Waals surface area contributed by atoms with Crippen LogP contribution in [0.4, 0.5) is 0 Å². The molecule has 1 fully saturated rings. The van der Waals surface area contributed by atoms with Gasteiger partial charge in [0, 0.05) is 23.9 Å². The lowest BCUT2D eigenvalue weighted by atomic mass is 10.1. The topological polar surface area (TPSA) is 50.7 Å². The van der Waals surface area contributed by atoms with Crippen LogP contribution in [0.5, 0.6) is 11.5 Å². The molecule has 1 heterocycles. The smallest absolute Gasteiger partial charge is 0.124 e. The van der Waals surface area contributed by atoms with Crippen molar-refractivity contribution in [3.8, 4) is 11.5 Å². The van der Waals surface area contributed by atoms with E-state index in [-0.39, 0.29) is 0 Å². The van der Waals surface area contributed by atoms with E-state index in [1.165, 1.54) is 25.0 Å². The lowest BCUT2D eigenvalue weighted by molar-refractivity contribution is 0.170. The second-order valence-electron chi connectivity index (χ2n) is 5.27. The number of methoxy groups -OCH3 is 2. The molecule has 5 heteroatoms. The zero-order chi connectivity index (χ0) is 15.1. The largest absolute Gasteiger partial charge is 0.497 e. The van der Waals surface area contributed by atoms with Gasteiger partial charge in [-0.2, -0.15) is 11.8 Å². The van der Waals surface area contributed by atoms with Gasteiger partial charge in [-0.1, -0.05) is 6.42 Å². The number of rotatable bonds is 7. The third-order valence-electron chi connectivity index (χ3n) is 3.78. The Kier molecular flexibility index (Phi) is 6.67. The third-order valence-corrected chi connectivity index (χ3v) is 5.18. The predicted octanol–water partition coefficient (Wildman–Crippen LogP) is 2.61. The Labute approximate surface area is 131 Å². The first-order valence-corrected chi connectivity index (χ1v) is 8.51. The van der Waals surface area contributed by atoms with Crippen molar-refractivity contribution >= 4 is 11.8 Å². The summed E-state index contributed by atoms with van der Waals surface area (Å²) in [5.41, 5.74) is 0.764. The van der Waals surface area contributed by atoms with Crippen LogP contribution in [0.25, 0.3) is 0 Å². The minimum absolute atomic E-state index is 0.528. The van der Waals surface area contributed by atoms with Gasteiger partial charge in [0.15, 0.2) is 0 Å². The second-order valence-corrected chi connectivity index (χ2v) is 6.68. The molecule has 21 heavy (non-hydrogen) atoms. The van der Waals surface area contributed by atoms with E-state index in [0.29, 0.717) is 17.5 Å². The van der Waals surface area contributed by atoms with Gasteiger partial charge in [0.2, 0.25) is 0 Å². The number of aliphatic hydroxyl groups is 1. The number of ether oxygens (including phenoxy) is 2. The molecule has 4 nitrogen and oxygen atoms in total. The minimum atomic E-state index is -0.594. The van der Waals surface area contributed by atoms with Crippen LogP contribution >= 0.6 is 11.8 Å². The molecule has 2 rings (SSSR count). The van der Waals surface area contributed by atoms with E-state index in [1.54, 1.807) is 14.2 Å². The van der Waals surface area contributed by atoms with E-state index < -0.39 is 6.10 Å². The van der Waals surface area contributed by atoms with Crippen LogP contribution in [0, 0.1) is 0 Å². The average molecular weight is 311 g/mol. The Hall–Kier alpha value is -0.910. The molecule has 1 aromatic carbocycles. The number of thioether (sulfide) groups is 1. The molecule has 0 aromatic heterocycles. The Morgan fingerprint density at radius 1 is 1.33 bits per heavy atom. The molecule has 2 atom stereocenters. The molecule has 0 bridgehead atoms. The fraction of sp³-hybridized carbons (Fsp3) is 0.625. The molecule has 0 aliphatic carbocycles. The maximum Gasteiger partial charge on any atom is 0.124 e. The van der Waals surface area contributed by atoms with E-state index in [1.807, 2.05) is 30.0 Å². The van der Waals surface area contributed by atoms with E-state index in [9.17, 15) is 5.11 Å². The lowest BCUT2D eigenvalue weighted by Crippen LogP contribution is -2.30. The van der Waals surface area contributed by atoms with Gasteiger partial charge >= 0.3 is 0 Å². The zero-order valence-corrected chi connectivity index (χ0v) is 13.6. The number of aliphatic hydroxyl groups excluding tert-OH is 1. The summed E-state index contributed by atoms with van der Waals surface area (Å²) in [5.74, 6) is 2.68. The standard InChI is InChI=1S/C16H25NO3S/c1-19-12-6-7-16(20-2)14(9-12)15(18)11-17-10-13-5-3-4-8-21-13/h6-7,9,13,15,17-18H,3-5,8,10-11H2,1-2H3. The molecule has 0 spiro atoms. The molecule has 1 aliphatic heterocycles. The summed E-state index contributed by atoms with van der Waals surface area (Å²) in [7, 11) is 3.24. The summed E-state index contributed by atoms with van der Waals surface area (Å²) in [6, 6.07) is 5.50. The quantitative estimate of drug-likeness (QED) is 0.811. The van der Waals surface area contributed by atoms with Crippen LogP contribution in [-0.4, -0.2) is 43.4 Å². The van der Waals surface area contributed by atoms with Crippen LogP contribution in [-0.2, 0) is 0 Å². The fourth-order valence-electron chi connectivity index (χ4n) is 2.56. The van der Waals surface area contributed by atoms with Crippen LogP contribution < -0.4 is 14.8 Å². The molecule has 2 unspecified atom stereocenters.